The summed E-state index contributed by atoms with van der Waals surface area (Å²) in [4.78, 5) is 0. The van der Waals surface area contributed by atoms with Gasteiger partial charge in [-0.05, 0) is 19.3 Å². The van der Waals surface area contributed by atoms with E-state index in [2.05, 4.69) is 15.0 Å². The number of aryl methyl sites for hydroxylation is 1. The van der Waals surface area contributed by atoms with Crippen LogP contribution in [0.2, 0.25) is 0 Å². The first-order valence-corrected chi connectivity index (χ1v) is 7.70. The van der Waals surface area contributed by atoms with Crippen molar-refractivity contribution in [3.05, 3.63) is 12.4 Å². The number of hydrogen-bond acceptors (Lipinski definition) is 4. The van der Waals surface area contributed by atoms with Crippen molar-refractivity contribution < 1.29 is 8.42 Å². The van der Waals surface area contributed by atoms with E-state index in [0.29, 0.717) is 31.8 Å². The van der Waals surface area contributed by atoms with Gasteiger partial charge in [-0.3, -0.25) is 4.68 Å². The molecular formula is C9H17ClN4O2S. The predicted octanol–water partition coefficient (Wildman–Crippen LogP) is 0.607. The minimum Gasteiger partial charge on any atom is -0.253 e. The smallest absolute Gasteiger partial charge is 0.211 e. The standard InChI is InChI=1S/C9H17ClN4O2S/c10-4-1-2-9-17(15,16)12-5-3-7-14-8-6-11-13-14/h6,8,12H,1-5,7,9H2. The first kappa shape index (κ1) is 14.4. The lowest BCUT2D eigenvalue weighted by Crippen LogP contribution is -2.28. The summed E-state index contributed by atoms with van der Waals surface area (Å²) in [5.74, 6) is 0.644. The minimum atomic E-state index is -3.15. The van der Waals surface area contributed by atoms with Crippen molar-refractivity contribution in [2.45, 2.75) is 25.8 Å². The molecule has 0 aliphatic heterocycles. The largest absolute Gasteiger partial charge is 0.253 e. The third kappa shape index (κ3) is 6.60. The lowest BCUT2D eigenvalue weighted by molar-refractivity contribution is 0.541. The maximum Gasteiger partial charge on any atom is 0.211 e. The third-order valence-corrected chi connectivity index (χ3v) is 3.89. The van der Waals surface area contributed by atoms with Crippen molar-refractivity contribution in [2.75, 3.05) is 18.2 Å². The van der Waals surface area contributed by atoms with Crippen LogP contribution in [0, 0.1) is 0 Å². The molecule has 0 amide bonds. The average Bonchev–Trinajstić information content (AvgIpc) is 2.77. The van der Waals surface area contributed by atoms with Crippen LogP contribution < -0.4 is 4.72 Å². The van der Waals surface area contributed by atoms with E-state index in [0.717, 1.165) is 6.42 Å². The maximum atomic E-state index is 11.5. The van der Waals surface area contributed by atoms with E-state index < -0.39 is 10.0 Å². The molecule has 0 aliphatic carbocycles. The van der Waals surface area contributed by atoms with Crippen molar-refractivity contribution in [2.24, 2.45) is 0 Å². The molecule has 1 N–H and O–H groups in total. The Morgan fingerprint density at radius 1 is 1.29 bits per heavy atom. The van der Waals surface area contributed by atoms with Crippen molar-refractivity contribution in [1.82, 2.24) is 19.7 Å². The normalized spacial score (nSPS) is 11.8. The van der Waals surface area contributed by atoms with E-state index in [1.54, 1.807) is 17.1 Å². The Bertz CT molecular complexity index is 393. The first-order chi connectivity index (χ1) is 8.14. The number of nitrogens with zero attached hydrogens (tertiary/aromatic N) is 3. The van der Waals surface area contributed by atoms with Crippen LogP contribution in [0.25, 0.3) is 0 Å². The number of hydrogen-bond donors (Lipinski definition) is 1. The Hall–Kier alpha value is -0.660. The Morgan fingerprint density at radius 3 is 2.76 bits per heavy atom. The fourth-order valence-electron chi connectivity index (χ4n) is 1.28. The second-order valence-electron chi connectivity index (χ2n) is 3.63. The molecule has 0 saturated heterocycles. The second kappa shape index (κ2) is 7.62. The Balaban J connectivity index is 2.12. The molecule has 0 fully saturated rings. The van der Waals surface area contributed by atoms with Gasteiger partial charge in [0.05, 0.1) is 11.9 Å². The molecule has 0 spiro atoms. The highest BCUT2D eigenvalue weighted by Crippen LogP contribution is 1.96. The lowest BCUT2D eigenvalue weighted by Gasteiger charge is -2.05. The van der Waals surface area contributed by atoms with E-state index in [1.165, 1.54) is 0 Å². The summed E-state index contributed by atoms with van der Waals surface area (Å²) in [7, 11) is -3.15. The van der Waals surface area contributed by atoms with Gasteiger partial charge in [0.25, 0.3) is 0 Å². The minimum absolute atomic E-state index is 0.142. The molecule has 0 bridgehead atoms. The van der Waals surface area contributed by atoms with Gasteiger partial charge in [0.15, 0.2) is 0 Å². The maximum absolute atomic E-state index is 11.5. The number of aromatic nitrogens is 3. The summed E-state index contributed by atoms with van der Waals surface area (Å²) in [6, 6.07) is 0. The number of halogens is 1. The summed E-state index contributed by atoms with van der Waals surface area (Å²) in [6.07, 6.45) is 5.35. The number of sulfonamides is 1. The summed E-state index contributed by atoms with van der Waals surface area (Å²) in [6.45, 7) is 1.08. The third-order valence-electron chi connectivity index (χ3n) is 2.15. The summed E-state index contributed by atoms with van der Waals surface area (Å²) in [5, 5.41) is 7.45. The van der Waals surface area contributed by atoms with Gasteiger partial charge in [0.2, 0.25) is 10.0 Å². The molecule has 0 aliphatic rings. The first-order valence-electron chi connectivity index (χ1n) is 5.51. The van der Waals surface area contributed by atoms with Crippen molar-refractivity contribution >= 4 is 21.6 Å². The molecular weight excluding hydrogens is 264 g/mol. The molecule has 6 nitrogen and oxygen atoms in total. The second-order valence-corrected chi connectivity index (χ2v) is 5.93. The SMILES string of the molecule is O=S(=O)(CCCCCl)NCCCn1ccnn1. The highest BCUT2D eigenvalue weighted by molar-refractivity contribution is 7.89. The quantitative estimate of drug-likeness (QED) is 0.531. The van der Waals surface area contributed by atoms with Crippen molar-refractivity contribution in [3.8, 4) is 0 Å². The number of rotatable bonds is 9. The molecule has 0 aromatic carbocycles. The predicted molar refractivity (Wildman–Crippen MR) is 66.4 cm³/mol. The van der Waals surface area contributed by atoms with Gasteiger partial charge in [-0.15, -0.1) is 16.7 Å². The van der Waals surface area contributed by atoms with Gasteiger partial charge in [-0.2, -0.15) is 0 Å². The zero-order valence-corrected chi connectivity index (χ0v) is 11.1. The van der Waals surface area contributed by atoms with Crippen LogP contribution in [-0.2, 0) is 16.6 Å². The van der Waals surface area contributed by atoms with Crippen LogP contribution >= 0.6 is 11.6 Å². The average molecular weight is 281 g/mol. The molecule has 0 atom stereocenters. The summed E-state index contributed by atoms with van der Waals surface area (Å²) >= 11 is 5.48. The zero-order chi connectivity index (χ0) is 12.6. The van der Waals surface area contributed by atoms with Gasteiger partial charge in [0, 0.05) is 25.2 Å². The number of alkyl halides is 1. The van der Waals surface area contributed by atoms with Crippen LogP contribution in [0.4, 0.5) is 0 Å². The van der Waals surface area contributed by atoms with Crippen molar-refractivity contribution in [3.63, 3.8) is 0 Å². The molecule has 1 aromatic heterocycles. The van der Waals surface area contributed by atoms with E-state index in [9.17, 15) is 8.42 Å². The van der Waals surface area contributed by atoms with Crippen molar-refractivity contribution in [1.29, 1.82) is 0 Å². The van der Waals surface area contributed by atoms with E-state index in [-0.39, 0.29) is 5.75 Å². The molecule has 0 saturated carbocycles. The Labute approximate surface area is 106 Å². The summed E-state index contributed by atoms with van der Waals surface area (Å²) < 4.78 is 27.2. The van der Waals surface area contributed by atoms with Gasteiger partial charge in [-0.25, -0.2) is 13.1 Å². The molecule has 17 heavy (non-hydrogen) atoms. The monoisotopic (exact) mass is 280 g/mol. The molecule has 8 heteroatoms. The van der Waals surface area contributed by atoms with Gasteiger partial charge >= 0.3 is 0 Å². The molecule has 1 rings (SSSR count). The zero-order valence-electron chi connectivity index (χ0n) is 9.55. The van der Waals surface area contributed by atoms with Gasteiger partial charge in [0.1, 0.15) is 0 Å². The van der Waals surface area contributed by atoms with Crippen LogP contribution in [-0.4, -0.2) is 41.6 Å². The number of nitrogens with one attached hydrogen (secondary N) is 1. The van der Waals surface area contributed by atoms with E-state index >= 15 is 0 Å². The number of unbranched alkanes of at least 4 members (excludes halogenated alkanes) is 1. The highest BCUT2D eigenvalue weighted by atomic mass is 35.5. The lowest BCUT2D eigenvalue weighted by atomic mass is 10.4. The fourth-order valence-corrected chi connectivity index (χ4v) is 2.65. The molecule has 98 valence electrons. The van der Waals surface area contributed by atoms with Gasteiger partial charge < -0.3 is 0 Å². The van der Waals surface area contributed by atoms with E-state index in [4.69, 9.17) is 11.6 Å². The molecule has 1 aromatic rings. The summed E-state index contributed by atoms with van der Waals surface area (Å²) in [5.41, 5.74) is 0. The molecule has 0 radical (unpaired) electrons. The molecule has 1 heterocycles. The van der Waals surface area contributed by atoms with E-state index in [1.807, 2.05) is 0 Å². The molecule has 0 unspecified atom stereocenters. The Morgan fingerprint density at radius 2 is 2.12 bits per heavy atom. The fraction of sp³-hybridized carbons (Fsp3) is 0.778. The van der Waals surface area contributed by atoms with Gasteiger partial charge in [-0.1, -0.05) is 5.21 Å². The van der Waals surface area contributed by atoms with Crippen LogP contribution in [0.1, 0.15) is 19.3 Å². The van der Waals surface area contributed by atoms with Crippen LogP contribution in [0.15, 0.2) is 12.4 Å². The topological polar surface area (TPSA) is 76.9 Å². The van der Waals surface area contributed by atoms with Crippen LogP contribution in [0.5, 0.6) is 0 Å². The Kier molecular flexibility index (Phi) is 6.46. The van der Waals surface area contributed by atoms with Crippen LogP contribution in [0.3, 0.4) is 0 Å². The highest BCUT2D eigenvalue weighted by Gasteiger charge is 2.08.